The third-order valence-electron chi connectivity index (χ3n) is 2.80. The summed E-state index contributed by atoms with van der Waals surface area (Å²) in [4.78, 5) is 25.5. The molecule has 19 heavy (non-hydrogen) atoms. The van der Waals surface area contributed by atoms with Crippen molar-refractivity contribution >= 4 is 28.4 Å². The molecule has 0 atom stereocenters. The molecule has 5 nitrogen and oxygen atoms in total. The van der Waals surface area contributed by atoms with Gasteiger partial charge in [-0.2, -0.15) is 0 Å². The van der Waals surface area contributed by atoms with Crippen LogP contribution in [0.1, 0.15) is 11.3 Å². The van der Waals surface area contributed by atoms with Gasteiger partial charge >= 0.3 is 5.97 Å². The number of esters is 1. The van der Waals surface area contributed by atoms with E-state index in [0.29, 0.717) is 11.3 Å². The second kappa shape index (κ2) is 4.97. The van der Waals surface area contributed by atoms with Crippen molar-refractivity contribution in [2.45, 2.75) is 6.92 Å². The second-order valence-corrected chi connectivity index (χ2v) is 4.06. The first-order valence-electron chi connectivity index (χ1n) is 5.65. The van der Waals surface area contributed by atoms with Crippen LogP contribution in [0.2, 0.25) is 0 Å². The predicted molar refractivity (Wildman–Crippen MR) is 70.7 cm³/mol. The fraction of sp³-hybridized carbons (Fsp3) is 0.143. The van der Waals surface area contributed by atoms with E-state index in [-0.39, 0.29) is 5.76 Å². The molecule has 2 N–H and O–H groups in total. The van der Waals surface area contributed by atoms with Crippen LogP contribution in [0.15, 0.2) is 30.3 Å². The Kier molecular flexibility index (Phi) is 3.37. The SMILES string of the molecule is COC(=O)C(=O)C=C(O)c1c(C)[nH]c2ccccc12. The zero-order valence-electron chi connectivity index (χ0n) is 10.6. The highest BCUT2D eigenvalue weighted by Gasteiger charge is 2.16. The van der Waals surface area contributed by atoms with Crippen molar-refractivity contribution in [1.82, 2.24) is 4.98 Å². The predicted octanol–water partition coefficient (Wildman–Crippen LogP) is 2.12. The lowest BCUT2D eigenvalue weighted by molar-refractivity contribution is -0.149. The van der Waals surface area contributed by atoms with E-state index in [9.17, 15) is 14.7 Å². The van der Waals surface area contributed by atoms with Gasteiger partial charge in [-0.05, 0) is 13.0 Å². The van der Waals surface area contributed by atoms with Crippen LogP contribution in [0.4, 0.5) is 0 Å². The van der Waals surface area contributed by atoms with Gasteiger partial charge in [0.25, 0.3) is 5.78 Å². The van der Waals surface area contributed by atoms with E-state index in [2.05, 4.69) is 9.72 Å². The molecule has 98 valence electrons. The Bertz CT molecular complexity index is 682. The molecule has 0 fully saturated rings. The van der Waals surface area contributed by atoms with E-state index in [1.807, 2.05) is 24.3 Å². The Hall–Kier alpha value is -2.56. The van der Waals surface area contributed by atoms with Crippen LogP contribution in [-0.4, -0.2) is 29.0 Å². The Balaban J connectivity index is 2.50. The molecule has 1 aromatic carbocycles. The van der Waals surface area contributed by atoms with Gasteiger partial charge in [0.2, 0.25) is 0 Å². The van der Waals surface area contributed by atoms with Crippen LogP contribution in [0.25, 0.3) is 16.7 Å². The van der Waals surface area contributed by atoms with E-state index < -0.39 is 11.8 Å². The number of methoxy groups -OCH3 is 1. The molecule has 0 bridgehead atoms. The number of hydrogen-bond acceptors (Lipinski definition) is 4. The number of H-pyrrole nitrogens is 1. The number of benzene rings is 1. The maximum absolute atomic E-state index is 11.4. The summed E-state index contributed by atoms with van der Waals surface area (Å²) in [6, 6.07) is 7.37. The number of ether oxygens (including phenoxy) is 1. The molecule has 0 radical (unpaired) electrons. The number of hydrogen-bond donors (Lipinski definition) is 2. The Labute approximate surface area is 109 Å². The van der Waals surface area contributed by atoms with Gasteiger partial charge in [-0.3, -0.25) is 4.79 Å². The van der Waals surface area contributed by atoms with Crippen molar-refractivity contribution in [2.24, 2.45) is 0 Å². The lowest BCUT2D eigenvalue weighted by atomic mass is 10.1. The molecule has 1 heterocycles. The van der Waals surface area contributed by atoms with Gasteiger partial charge in [-0.15, -0.1) is 0 Å². The smallest absolute Gasteiger partial charge is 0.378 e. The average molecular weight is 259 g/mol. The van der Waals surface area contributed by atoms with Gasteiger partial charge in [-0.25, -0.2) is 4.79 Å². The van der Waals surface area contributed by atoms with Crippen LogP contribution in [0, 0.1) is 6.92 Å². The standard InChI is InChI=1S/C14H13NO4/c1-8-13(9-5-3-4-6-10(9)15-8)11(16)7-12(17)14(18)19-2/h3-7,15-16H,1-2H3. The molecule has 0 aliphatic rings. The fourth-order valence-electron chi connectivity index (χ4n) is 1.96. The van der Waals surface area contributed by atoms with Gasteiger partial charge < -0.3 is 14.8 Å². The number of aliphatic hydroxyl groups excluding tert-OH is 1. The molecule has 5 heteroatoms. The topological polar surface area (TPSA) is 79.4 Å². The number of aliphatic hydroxyl groups is 1. The number of aryl methyl sites for hydroxylation is 1. The number of ketones is 1. The van der Waals surface area contributed by atoms with E-state index >= 15 is 0 Å². The Morgan fingerprint density at radius 1 is 1.32 bits per heavy atom. The summed E-state index contributed by atoms with van der Waals surface area (Å²) in [5, 5.41) is 10.8. The van der Waals surface area contributed by atoms with Crippen molar-refractivity contribution in [3.8, 4) is 0 Å². The number of aromatic amines is 1. The van der Waals surface area contributed by atoms with E-state index in [1.54, 1.807) is 6.92 Å². The van der Waals surface area contributed by atoms with Crippen LogP contribution in [-0.2, 0) is 14.3 Å². The molecule has 0 aliphatic heterocycles. The maximum atomic E-state index is 11.4. The summed E-state index contributed by atoms with van der Waals surface area (Å²) in [5.41, 5.74) is 2.07. The fourth-order valence-corrected chi connectivity index (χ4v) is 1.96. The molecule has 0 saturated heterocycles. The van der Waals surface area contributed by atoms with Crippen molar-refractivity contribution in [2.75, 3.05) is 7.11 Å². The lowest BCUT2D eigenvalue weighted by Crippen LogP contribution is -2.13. The van der Waals surface area contributed by atoms with Crippen LogP contribution < -0.4 is 0 Å². The van der Waals surface area contributed by atoms with E-state index in [0.717, 1.165) is 24.1 Å². The van der Waals surface area contributed by atoms with Crippen LogP contribution in [0.3, 0.4) is 0 Å². The summed E-state index contributed by atoms with van der Waals surface area (Å²) in [6.07, 6.45) is 0.869. The van der Waals surface area contributed by atoms with Crippen LogP contribution >= 0.6 is 0 Å². The average Bonchev–Trinajstić information content (AvgIpc) is 2.73. The minimum atomic E-state index is -1.01. The van der Waals surface area contributed by atoms with Crippen molar-refractivity contribution in [3.63, 3.8) is 0 Å². The normalized spacial score (nSPS) is 11.6. The molecule has 0 saturated carbocycles. The quantitative estimate of drug-likeness (QED) is 0.383. The largest absolute Gasteiger partial charge is 0.507 e. The number of nitrogens with one attached hydrogen (secondary N) is 1. The summed E-state index contributed by atoms with van der Waals surface area (Å²) in [7, 11) is 1.11. The zero-order chi connectivity index (χ0) is 14.0. The first-order valence-corrected chi connectivity index (χ1v) is 5.65. The second-order valence-electron chi connectivity index (χ2n) is 4.06. The van der Waals surface area contributed by atoms with Gasteiger partial charge in [-0.1, -0.05) is 18.2 Å². The first kappa shape index (κ1) is 12.9. The summed E-state index contributed by atoms with van der Waals surface area (Å²) >= 11 is 0. The molecule has 0 amide bonds. The van der Waals surface area contributed by atoms with Gasteiger partial charge in [0.1, 0.15) is 5.76 Å². The number of carbonyl (C=O) groups excluding carboxylic acids is 2. The van der Waals surface area contributed by atoms with E-state index in [4.69, 9.17) is 0 Å². The first-order chi connectivity index (χ1) is 9.04. The third kappa shape index (κ3) is 2.35. The van der Waals surface area contributed by atoms with Crippen molar-refractivity contribution < 1.29 is 19.4 Å². The highest BCUT2D eigenvalue weighted by molar-refractivity contribution is 6.39. The minimum absolute atomic E-state index is 0.259. The molecule has 0 aliphatic carbocycles. The highest BCUT2D eigenvalue weighted by Crippen LogP contribution is 2.26. The van der Waals surface area contributed by atoms with Gasteiger partial charge in [0, 0.05) is 28.2 Å². The maximum Gasteiger partial charge on any atom is 0.378 e. The molecule has 2 aromatic rings. The molecule has 1 aromatic heterocycles. The highest BCUT2D eigenvalue weighted by atomic mass is 16.5. The Morgan fingerprint density at radius 3 is 2.68 bits per heavy atom. The minimum Gasteiger partial charge on any atom is -0.507 e. The number of para-hydroxylation sites is 1. The Morgan fingerprint density at radius 2 is 2.00 bits per heavy atom. The molecular formula is C14H13NO4. The van der Waals surface area contributed by atoms with Gasteiger partial charge in [0.05, 0.1) is 7.11 Å². The third-order valence-corrected chi connectivity index (χ3v) is 2.80. The molecular weight excluding hydrogens is 246 g/mol. The van der Waals surface area contributed by atoms with Crippen molar-refractivity contribution in [1.29, 1.82) is 0 Å². The lowest BCUT2D eigenvalue weighted by Gasteiger charge is -2.00. The summed E-state index contributed by atoms with van der Waals surface area (Å²) in [5.74, 6) is -2.17. The van der Waals surface area contributed by atoms with E-state index in [1.165, 1.54) is 0 Å². The number of aromatic nitrogens is 1. The molecule has 2 rings (SSSR count). The van der Waals surface area contributed by atoms with Crippen LogP contribution in [0.5, 0.6) is 0 Å². The van der Waals surface area contributed by atoms with Crippen molar-refractivity contribution in [3.05, 3.63) is 41.6 Å². The number of carbonyl (C=O) groups is 2. The van der Waals surface area contributed by atoms with Gasteiger partial charge in [0.15, 0.2) is 0 Å². The number of rotatable bonds is 3. The monoisotopic (exact) mass is 259 g/mol. The zero-order valence-corrected chi connectivity index (χ0v) is 10.6. The molecule has 0 spiro atoms. The summed E-state index contributed by atoms with van der Waals surface area (Å²) < 4.78 is 4.30. The molecule has 0 unspecified atom stereocenters. The number of fused-ring (bicyclic) bond motifs is 1. The summed E-state index contributed by atoms with van der Waals surface area (Å²) in [6.45, 7) is 1.78.